The third-order valence-electron chi connectivity index (χ3n) is 13.3. The summed E-state index contributed by atoms with van der Waals surface area (Å²) >= 11 is 0. The standard InChI is InChI=1S/C50H66F3N5O13SSi2/c1-65-35-16-17-39-37(24-35)46(60)56-30-49(33-12-14-34(54)15-13-33,28-42(56)48(62)57(39)31-67-20-22-73(3,4)5)70-19-11-9-10-18-69-44-27-40-38(26-43(44)66-2)45(59)55-29-36(71-72(63,64)50(51,52)53)25-41(55)47(61)58(40)32-68-21-23-74(6,7)8/h12-17,24,26-27,29,41-42H,9-11,18-23,25,28,30-32,54H2,1-8H3/t41-,42-,49?/m0/s1. The van der Waals surface area contributed by atoms with Crippen molar-refractivity contribution in [3.8, 4) is 17.2 Å². The largest absolute Gasteiger partial charge is 0.534 e. The molecule has 3 aromatic carbocycles. The molecule has 4 amide bonds. The number of nitrogen functional groups attached to an aromatic ring is 1. The van der Waals surface area contributed by atoms with Crippen molar-refractivity contribution in [3.05, 3.63) is 83.2 Å². The number of carbonyl (C=O) groups is 4. The highest BCUT2D eigenvalue weighted by Gasteiger charge is 2.54. The van der Waals surface area contributed by atoms with E-state index >= 15 is 0 Å². The number of unbranched alkanes of at least 4 members (excludes halogenated alkanes) is 2. The minimum atomic E-state index is -6.08. The van der Waals surface area contributed by atoms with Gasteiger partial charge in [0.25, 0.3) is 23.6 Å². The predicted molar refractivity (Wildman–Crippen MR) is 275 cm³/mol. The van der Waals surface area contributed by atoms with Crippen molar-refractivity contribution in [2.24, 2.45) is 0 Å². The van der Waals surface area contributed by atoms with Crippen molar-refractivity contribution in [2.75, 3.05) is 76.2 Å². The SMILES string of the molecule is COc1ccc2c(c1)C(=O)N1CC(OCCCCCOc3cc4c(cc3OC)C(=O)N3C=C(OS(=O)(=O)C(F)(F)F)C[C@H]3C(=O)N4COCC[Si](C)(C)C)(c3ccc(N)cc3)C[C@H]1C(=O)N2COCC[Si](C)(C)C. The lowest BCUT2D eigenvalue weighted by Gasteiger charge is -2.31. The number of halogens is 3. The fourth-order valence-electron chi connectivity index (χ4n) is 9.05. The summed E-state index contributed by atoms with van der Waals surface area (Å²) in [7, 11) is -6.24. The Kier molecular flexibility index (Phi) is 16.9. The van der Waals surface area contributed by atoms with Gasteiger partial charge in [0.2, 0.25) is 0 Å². The van der Waals surface area contributed by atoms with Gasteiger partial charge >= 0.3 is 15.6 Å². The number of rotatable bonds is 23. The van der Waals surface area contributed by atoms with Crippen LogP contribution in [0.5, 0.6) is 17.2 Å². The first-order valence-electron chi connectivity index (χ1n) is 24.4. The van der Waals surface area contributed by atoms with Crippen LogP contribution in [0.15, 0.2) is 66.6 Å². The summed E-state index contributed by atoms with van der Waals surface area (Å²) in [5.74, 6) is -2.14. The summed E-state index contributed by atoms with van der Waals surface area (Å²) in [5, 5.41) is 0. The summed E-state index contributed by atoms with van der Waals surface area (Å²) in [4.78, 5) is 62.7. The van der Waals surface area contributed by atoms with Gasteiger partial charge in [-0.05, 0) is 73.3 Å². The van der Waals surface area contributed by atoms with E-state index in [1.165, 1.54) is 31.3 Å². The average Bonchev–Trinajstić information content (AvgIpc) is 3.91. The van der Waals surface area contributed by atoms with E-state index in [9.17, 15) is 40.8 Å². The highest BCUT2D eigenvalue weighted by molar-refractivity contribution is 7.87. The predicted octanol–water partition coefficient (Wildman–Crippen LogP) is 7.90. The van der Waals surface area contributed by atoms with E-state index in [2.05, 4.69) is 43.5 Å². The maximum absolute atomic E-state index is 14.7. The molecule has 404 valence electrons. The molecular weight excluding hydrogens is 1020 g/mol. The van der Waals surface area contributed by atoms with Crippen molar-refractivity contribution in [1.29, 1.82) is 0 Å². The molecular formula is C50H66F3N5O13SSi2. The Balaban J connectivity index is 1.06. The van der Waals surface area contributed by atoms with E-state index in [-0.39, 0.29) is 80.8 Å². The number of hydrogen-bond acceptors (Lipinski definition) is 14. The second-order valence-corrected chi connectivity index (χ2v) is 34.0. The van der Waals surface area contributed by atoms with Gasteiger partial charge in [-0.25, -0.2) is 0 Å². The van der Waals surface area contributed by atoms with Crippen LogP contribution in [-0.4, -0.2) is 136 Å². The molecule has 4 heterocycles. The van der Waals surface area contributed by atoms with Crippen LogP contribution in [0.3, 0.4) is 0 Å². The van der Waals surface area contributed by atoms with Gasteiger partial charge in [0.15, 0.2) is 11.5 Å². The zero-order valence-corrected chi connectivity index (χ0v) is 45.9. The van der Waals surface area contributed by atoms with Crippen LogP contribution in [0, 0.1) is 0 Å². The van der Waals surface area contributed by atoms with Gasteiger partial charge in [-0.2, -0.15) is 21.6 Å². The minimum Gasteiger partial charge on any atom is -0.497 e. The number of amides is 4. The zero-order chi connectivity index (χ0) is 54.0. The Hall–Kier alpha value is -5.67. The average molecular weight is 1090 g/mol. The molecule has 3 atom stereocenters. The van der Waals surface area contributed by atoms with E-state index in [0.29, 0.717) is 48.6 Å². The molecule has 1 fully saturated rings. The Morgan fingerprint density at radius 3 is 1.93 bits per heavy atom. The van der Waals surface area contributed by atoms with Gasteiger partial charge in [-0.1, -0.05) is 51.4 Å². The normalized spacial score (nSPS) is 20.2. The molecule has 2 N–H and O–H groups in total. The number of nitrogens with two attached hydrogens (primary N) is 1. The first-order chi connectivity index (χ1) is 34.8. The quantitative estimate of drug-likeness (QED) is 0.0315. The number of ether oxygens (including phenoxy) is 6. The Bertz CT molecular complexity index is 2740. The molecule has 0 bridgehead atoms. The van der Waals surface area contributed by atoms with Crippen molar-refractivity contribution < 1.29 is 73.4 Å². The number of benzene rings is 3. The molecule has 3 aromatic rings. The molecule has 24 heteroatoms. The van der Waals surface area contributed by atoms with Gasteiger partial charge in [-0.3, -0.25) is 33.9 Å². The molecule has 0 spiro atoms. The van der Waals surface area contributed by atoms with Crippen LogP contribution in [0.2, 0.25) is 51.4 Å². The molecule has 4 aliphatic heterocycles. The fourth-order valence-corrected chi connectivity index (χ4v) is 11.0. The minimum absolute atomic E-state index is 0.0305. The van der Waals surface area contributed by atoms with Crippen LogP contribution >= 0.6 is 0 Å². The monoisotopic (exact) mass is 1090 g/mol. The van der Waals surface area contributed by atoms with Gasteiger partial charge in [0, 0.05) is 66.8 Å². The van der Waals surface area contributed by atoms with Gasteiger partial charge in [0.1, 0.15) is 42.7 Å². The van der Waals surface area contributed by atoms with Crippen LogP contribution in [0.25, 0.3) is 0 Å². The maximum atomic E-state index is 14.7. The van der Waals surface area contributed by atoms with Crippen LogP contribution in [0.4, 0.5) is 30.2 Å². The topological polar surface area (TPSA) is 206 Å². The summed E-state index contributed by atoms with van der Waals surface area (Å²) in [6.07, 6.45) is 2.00. The zero-order valence-electron chi connectivity index (χ0n) is 43.0. The fraction of sp³-hybridized carbons (Fsp3) is 0.520. The Labute approximate surface area is 431 Å². The van der Waals surface area contributed by atoms with Gasteiger partial charge < -0.3 is 43.2 Å². The second kappa shape index (κ2) is 22.3. The summed E-state index contributed by atoms with van der Waals surface area (Å²) < 4.78 is 104. The first kappa shape index (κ1) is 56.1. The lowest BCUT2D eigenvalue weighted by Crippen LogP contribution is -2.45. The van der Waals surface area contributed by atoms with E-state index in [4.69, 9.17) is 34.2 Å². The van der Waals surface area contributed by atoms with E-state index in [1.807, 2.05) is 12.1 Å². The molecule has 0 saturated carbocycles. The van der Waals surface area contributed by atoms with E-state index < -0.39 is 73.5 Å². The third kappa shape index (κ3) is 12.5. The van der Waals surface area contributed by atoms with Gasteiger partial charge in [0.05, 0.1) is 49.9 Å². The van der Waals surface area contributed by atoms with Crippen LogP contribution in [0.1, 0.15) is 58.4 Å². The lowest BCUT2D eigenvalue weighted by atomic mass is 9.90. The second-order valence-electron chi connectivity index (χ2n) is 21.2. The number of carbonyl (C=O) groups excluding carboxylic acids is 4. The molecule has 4 aliphatic rings. The highest BCUT2D eigenvalue weighted by atomic mass is 32.2. The number of fused-ring (bicyclic) bond motifs is 4. The number of alkyl halides is 3. The van der Waals surface area contributed by atoms with Crippen molar-refractivity contribution in [2.45, 2.75) is 107 Å². The molecule has 0 aromatic heterocycles. The molecule has 1 saturated heterocycles. The molecule has 0 aliphatic carbocycles. The van der Waals surface area contributed by atoms with Crippen molar-refractivity contribution >= 4 is 67.0 Å². The molecule has 74 heavy (non-hydrogen) atoms. The number of hydrogen-bond donors (Lipinski definition) is 1. The van der Waals surface area contributed by atoms with Crippen molar-refractivity contribution in [1.82, 2.24) is 9.80 Å². The Morgan fingerprint density at radius 1 is 0.716 bits per heavy atom. The summed E-state index contributed by atoms with van der Waals surface area (Å²) in [5.41, 5.74) is 1.38. The van der Waals surface area contributed by atoms with E-state index in [1.54, 1.807) is 40.1 Å². The van der Waals surface area contributed by atoms with Crippen molar-refractivity contribution in [3.63, 3.8) is 0 Å². The van der Waals surface area contributed by atoms with Gasteiger partial charge in [-0.15, -0.1) is 0 Å². The highest BCUT2D eigenvalue weighted by Crippen LogP contribution is 2.45. The van der Waals surface area contributed by atoms with E-state index in [0.717, 1.165) is 28.8 Å². The lowest BCUT2D eigenvalue weighted by molar-refractivity contribution is -0.124. The maximum Gasteiger partial charge on any atom is 0.534 e. The summed E-state index contributed by atoms with van der Waals surface area (Å²) in [6, 6.07) is 14.5. The smallest absolute Gasteiger partial charge is 0.497 e. The number of methoxy groups -OCH3 is 2. The molecule has 7 rings (SSSR count). The molecule has 0 radical (unpaired) electrons. The number of anilines is 3. The summed E-state index contributed by atoms with van der Waals surface area (Å²) in [6.45, 7) is 14.1. The Morgan fingerprint density at radius 2 is 1.32 bits per heavy atom. The van der Waals surface area contributed by atoms with Crippen LogP contribution in [-0.2, 0) is 43.7 Å². The number of nitrogens with zero attached hydrogens (tertiary/aromatic N) is 4. The molecule has 18 nitrogen and oxygen atoms in total. The molecule has 1 unspecified atom stereocenters. The third-order valence-corrected chi connectivity index (χ3v) is 17.7. The first-order valence-corrected chi connectivity index (χ1v) is 33.2. The van der Waals surface area contributed by atoms with Crippen LogP contribution < -0.4 is 29.7 Å².